The Hall–Kier alpha value is -1.94. The van der Waals surface area contributed by atoms with Gasteiger partial charge in [-0.25, -0.2) is 9.13 Å². The van der Waals surface area contributed by atoms with Gasteiger partial charge in [0, 0.05) is 25.7 Å². The molecule has 0 heterocycles. The maximum absolute atomic E-state index is 13.1. The first-order chi connectivity index (χ1) is 48.4. The first-order valence-electron chi connectivity index (χ1n) is 42.0. The van der Waals surface area contributed by atoms with E-state index in [1.165, 1.54) is 244 Å². The highest BCUT2D eigenvalue weighted by molar-refractivity contribution is 7.47. The lowest BCUT2D eigenvalue weighted by Gasteiger charge is -2.21. The minimum absolute atomic E-state index is 0.107. The molecule has 0 spiro atoms. The van der Waals surface area contributed by atoms with Gasteiger partial charge in [0.05, 0.1) is 26.4 Å². The Labute approximate surface area is 613 Å². The second-order valence-electron chi connectivity index (χ2n) is 29.9. The molecule has 0 aliphatic rings. The zero-order valence-electron chi connectivity index (χ0n) is 65.5. The lowest BCUT2D eigenvalue weighted by Crippen LogP contribution is -2.30. The van der Waals surface area contributed by atoms with Crippen LogP contribution < -0.4 is 0 Å². The Morgan fingerprint density at radius 3 is 0.760 bits per heavy atom. The zero-order chi connectivity index (χ0) is 73.5. The van der Waals surface area contributed by atoms with Crippen LogP contribution in [0.5, 0.6) is 0 Å². The normalized spacial score (nSPS) is 14.2. The van der Waals surface area contributed by atoms with Crippen LogP contribution in [0.1, 0.15) is 427 Å². The maximum Gasteiger partial charge on any atom is 0.472 e. The van der Waals surface area contributed by atoms with Crippen molar-refractivity contribution < 1.29 is 80.2 Å². The van der Waals surface area contributed by atoms with E-state index in [0.29, 0.717) is 25.7 Å². The molecule has 0 radical (unpaired) electrons. The third-order valence-corrected chi connectivity index (χ3v) is 21.2. The molecule has 0 aliphatic heterocycles. The molecule has 100 heavy (non-hydrogen) atoms. The summed E-state index contributed by atoms with van der Waals surface area (Å²) in [5.41, 5.74) is 0. The van der Waals surface area contributed by atoms with Crippen molar-refractivity contribution in [3.05, 3.63) is 0 Å². The SMILES string of the molecule is CCCCCCCCCCCCCCCCCCC(=O)OC[C@H](COP(=O)(O)OC[C@@H](O)COP(=O)(O)OC[C@@H](COC(=O)CCCCCCCCCCCCC)OC(=O)CCCCCCCCCCCCCCC(C)C)OC(=O)CCCCCCCCCCCCCCCCC(C)CC. The van der Waals surface area contributed by atoms with E-state index in [9.17, 15) is 43.2 Å². The molecule has 3 N–H and O–H groups in total. The summed E-state index contributed by atoms with van der Waals surface area (Å²) >= 11 is 0. The predicted octanol–water partition coefficient (Wildman–Crippen LogP) is 24.3. The monoisotopic (exact) mass is 1470 g/mol. The molecule has 3 unspecified atom stereocenters. The zero-order valence-corrected chi connectivity index (χ0v) is 67.3. The standard InChI is InChI=1S/C81H158O17P2/c1-7-10-12-14-16-18-20-21-22-23-27-34-40-46-52-58-64-79(84)92-70-77(97-80(85)65-59-53-47-41-35-28-25-24-26-33-38-44-50-56-62-74(6)9-3)72-96-100(89,90)94-68-75(82)67-93-99(87,88)95-71-76(69-91-78(83)63-57-51-45-39-31-19-17-15-13-11-8-2)98-81(86)66-60-54-48-42-36-30-29-32-37-43-49-55-61-73(4)5/h73-77,82H,7-72H2,1-6H3,(H,87,88)(H,89,90)/t74?,75-,76+,77+/m0/s1. The predicted molar refractivity (Wildman–Crippen MR) is 409 cm³/mol. The Balaban J connectivity index is 5.26. The van der Waals surface area contributed by atoms with Crippen LogP contribution in [0, 0.1) is 11.8 Å². The van der Waals surface area contributed by atoms with Gasteiger partial charge in [-0.05, 0) is 37.5 Å². The van der Waals surface area contributed by atoms with Crippen LogP contribution in [-0.2, 0) is 65.4 Å². The Bertz CT molecular complexity index is 1930. The average Bonchev–Trinajstić information content (AvgIpc) is 1.06. The molecule has 0 aliphatic carbocycles. The van der Waals surface area contributed by atoms with Crippen LogP contribution >= 0.6 is 15.6 Å². The molecule has 0 aromatic carbocycles. The molecule has 0 aromatic heterocycles. The number of rotatable bonds is 80. The van der Waals surface area contributed by atoms with E-state index in [4.69, 9.17) is 37.0 Å². The highest BCUT2D eigenvalue weighted by atomic mass is 31.2. The smallest absolute Gasteiger partial charge is 0.462 e. The molecule has 0 saturated heterocycles. The van der Waals surface area contributed by atoms with Crippen molar-refractivity contribution in [2.75, 3.05) is 39.6 Å². The summed E-state index contributed by atoms with van der Waals surface area (Å²) in [5.74, 6) is -0.484. The fourth-order valence-corrected chi connectivity index (χ4v) is 14.1. The number of unbranched alkanes of at least 4 members (excludes halogenated alkanes) is 49. The van der Waals surface area contributed by atoms with E-state index >= 15 is 0 Å². The van der Waals surface area contributed by atoms with Crippen LogP contribution in [0.25, 0.3) is 0 Å². The highest BCUT2D eigenvalue weighted by Gasteiger charge is 2.30. The summed E-state index contributed by atoms with van der Waals surface area (Å²) in [4.78, 5) is 73.1. The van der Waals surface area contributed by atoms with Crippen molar-refractivity contribution in [3.63, 3.8) is 0 Å². The van der Waals surface area contributed by atoms with Gasteiger partial charge in [-0.15, -0.1) is 0 Å². The van der Waals surface area contributed by atoms with Crippen LogP contribution in [0.4, 0.5) is 0 Å². The van der Waals surface area contributed by atoms with Crippen molar-refractivity contribution in [1.29, 1.82) is 0 Å². The van der Waals surface area contributed by atoms with Crippen molar-refractivity contribution in [1.82, 2.24) is 0 Å². The minimum Gasteiger partial charge on any atom is -0.462 e. The Morgan fingerprint density at radius 1 is 0.290 bits per heavy atom. The molecule has 0 aromatic rings. The van der Waals surface area contributed by atoms with Gasteiger partial charge < -0.3 is 33.8 Å². The quantitative estimate of drug-likeness (QED) is 0.0222. The summed E-state index contributed by atoms with van der Waals surface area (Å²) in [6.45, 7) is 9.70. The van der Waals surface area contributed by atoms with Gasteiger partial charge in [-0.2, -0.15) is 0 Å². The van der Waals surface area contributed by atoms with Gasteiger partial charge in [0.25, 0.3) is 0 Å². The Kier molecular flexibility index (Phi) is 71.2. The van der Waals surface area contributed by atoms with E-state index in [1.54, 1.807) is 0 Å². The first kappa shape index (κ1) is 98.1. The minimum atomic E-state index is -4.96. The van der Waals surface area contributed by atoms with Gasteiger partial charge in [0.1, 0.15) is 19.3 Å². The van der Waals surface area contributed by atoms with E-state index in [-0.39, 0.29) is 25.7 Å². The van der Waals surface area contributed by atoms with Crippen LogP contribution in [0.15, 0.2) is 0 Å². The van der Waals surface area contributed by atoms with Gasteiger partial charge in [-0.1, -0.05) is 375 Å². The Morgan fingerprint density at radius 2 is 0.510 bits per heavy atom. The second-order valence-corrected chi connectivity index (χ2v) is 32.8. The number of aliphatic hydroxyl groups is 1. The van der Waals surface area contributed by atoms with Crippen molar-refractivity contribution in [3.8, 4) is 0 Å². The molecule has 0 rings (SSSR count). The van der Waals surface area contributed by atoms with Gasteiger partial charge in [0.2, 0.25) is 0 Å². The number of phosphoric acid groups is 2. The lowest BCUT2D eigenvalue weighted by molar-refractivity contribution is -0.161. The third kappa shape index (κ3) is 73.0. The summed E-state index contributed by atoms with van der Waals surface area (Å²) in [6.07, 6.45) is 62.2. The maximum atomic E-state index is 13.1. The van der Waals surface area contributed by atoms with Crippen LogP contribution in [0.3, 0.4) is 0 Å². The van der Waals surface area contributed by atoms with Crippen molar-refractivity contribution in [2.45, 2.75) is 445 Å². The first-order valence-corrected chi connectivity index (χ1v) is 45.0. The number of hydrogen-bond acceptors (Lipinski definition) is 15. The largest absolute Gasteiger partial charge is 0.472 e. The topological polar surface area (TPSA) is 237 Å². The van der Waals surface area contributed by atoms with E-state index in [0.717, 1.165) is 102 Å². The van der Waals surface area contributed by atoms with Crippen LogP contribution in [-0.4, -0.2) is 96.7 Å². The van der Waals surface area contributed by atoms with E-state index in [1.807, 2.05) is 0 Å². The molecular formula is C81H158O17P2. The fraction of sp³-hybridized carbons (Fsp3) is 0.951. The molecule has 594 valence electrons. The van der Waals surface area contributed by atoms with Gasteiger partial charge >= 0.3 is 39.5 Å². The van der Waals surface area contributed by atoms with E-state index in [2.05, 4.69) is 41.5 Å². The number of carbonyl (C=O) groups excluding carboxylic acids is 4. The molecule has 6 atom stereocenters. The summed E-state index contributed by atoms with van der Waals surface area (Å²) in [5, 5.41) is 10.6. The molecule has 0 amide bonds. The van der Waals surface area contributed by atoms with Gasteiger partial charge in [-0.3, -0.25) is 37.3 Å². The molecule has 0 saturated carbocycles. The highest BCUT2D eigenvalue weighted by Crippen LogP contribution is 2.45. The van der Waals surface area contributed by atoms with Crippen LogP contribution in [0.2, 0.25) is 0 Å². The summed E-state index contributed by atoms with van der Waals surface area (Å²) < 4.78 is 68.7. The average molecular weight is 1470 g/mol. The number of aliphatic hydroxyl groups excluding tert-OH is 1. The third-order valence-electron chi connectivity index (χ3n) is 19.3. The van der Waals surface area contributed by atoms with Crippen molar-refractivity contribution in [2.24, 2.45) is 11.8 Å². The van der Waals surface area contributed by atoms with Gasteiger partial charge in [0.15, 0.2) is 12.2 Å². The number of carbonyl (C=O) groups is 4. The second kappa shape index (κ2) is 72.6. The molecule has 17 nitrogen and oxygen atoms in total. The number of hydrogen-bond donors (Lipinski definition) is 3. The fourth-order valence-electron chi connectivity index (χ4n) is 12.5. The lowest BCUT2D eigenvalue weighted by atomic mass is 9.99. The number of ether oxygens (including phenoxy) is 4. The van der Waals surface area contributed by atoms with E-state index < -0.39 is 97.5 Å². The van der Waals surface area contributed by atoms with Crippen molar-refractivity contribution >= 4 is 39.5 Å². The summed E-state index contributed by atoms with van der Waals surface area (Å²) in [7, 11) is -9.92. The number of phosphoric ester groups is 2. The number of esters is 4. The molecule has 0 bridgehead atoms. The molecular weight excluding hydrogens is 1310 g/mol. The summed E-state index contributed by atoms with van der Waals surface area (Å²) in [6, 6.07) is 0. The molecule has 0 fully saturated rings. The molecule has 19 heteroatoms.